The lowest BCUT2D eigenvalue weighted by molar-refractivity contribution is -0.187. The van der Waals surface area contributed by atoms with Crippen molar-refractivity contribution in [2.45, 2.75) is 13.0 Å². The zero-order valence-corrected chi connectivity index (χ0v) is 21.2. The average Bonchev–Trinajstić information content (AvgIpc) is 2.93. The molecule has 3 nitrogen and oxygen atoms in total. The van der Waals surface area contributed by atoms with Crippen LogP contribution in [0.4, 0.5) is 26.3 Å². The molecule has 0 saturated carbocycles. The van der Waals surface area contributed by atoms with E-state index in [0.29, 0.717) is 22.4 Å². The van der Waals surface area contributed by atoms with Crippen molar-refractivity contribution < 1.29 is 31.1 Å². The summed E-state index contributed by atoms with van der Waals surface area (Å²) in [4.78, 5) is 4.17. The Hall–Kier alpha value is -5.10. The van der Waals surface area contributed by atoms with Crippen molar-refractivity contribution in [2.24, 2.45) is 0 Å². The molecule has 0 aliphatic carbocycles. The highest BCUT2D eigenvalue weighted by Gasteiger charge is 2.37. The molecule has 1 aromatic heterocycles. The van der Waals surface area contributed by atoms with Crippen LogP contribution in [0.2, 0.25) is 0 Å². The summed E-state index contributed by atoms with van der Waals surface area (Å²) in [6.07, 6.45) is -2.41. The molecular formula is C32H18F6N2O. The van der Waals surface area contributed by atoms with Gasteiger partial charge in [0.05, 0.1) is 11.3 Å². The lowest BCUT2D eigenvalue weighted by Crippen LogP contribution is -2.23. The highest BCUT2D eigenvalue weighted by molar-refractivity contribution is 5.72. The highest BCUT2D eigenvalue weighted by atomic mass is 19.3. The number of nitriles is 1. The largest absolute Gasteiger partial charge is 0.429 e. The van der Waals surface area contributed by atoms with Gasteiger partial charge < -0.3 is 4.74 Å². The Morgan fingerprint density at radius 3 is 1.88 bits per heavy atom. The van der Waals surface area contributed by atoms with E-state index in [1.54, 1.807) is 18.3 Å². The molecular weight excluding hydrogens is 542 g/mol. The summed E-state index contributed by atoms with van der Waals surface area (Å²) in [5.41, 5.74) is 0.543. The molecule has 0 radical (unpaired) electrons. The first-order valence-corrected chi connectivity index (χ1v) is 12.1. The Morgan fingerprint density at radius 2 is 1.29 bits per heavy atom. The van der Waals surface area contributed by atoms with Gasteiger partial charge in [-0.1, -0.05) is 36.4 Å². The van der Waals surface area contributed by atoms with Gasteiger partial charge in [0, 0.05) is 17.3 Å². The van der Waals surface area contributed by atoms with Crippen molar-refractivity contribution >= 4 is 0 Å². The number of rotatable bonds is 6. The molecule has 41 heavy (non-hydrogen) atoms. The Balaban J connectivity index is 1.34. The molecule has 0 aliphatic heterocycles. The number of ether oxygens (including phenoxy) is 1. The predicted molar refractivity (Wildman–Crippen MR) is 141 cm³/mol. The molecule has 5 rings (SSSR count). The quantitative estimate of drug-likeness (QED) is 0.195. The standard InChI is InChI=1S/C32H18F6N2O/c1-18-2-11-31(40-17-18)21-6-10-26(30(36)13-21)32(37,38)41-23-7-3-19(4-8-23)20-5-9-24(27(33)12-20)22-14-28(34)25(16-39)29(35)15-22/h2-15,17H,1H3. The van der Waals surface area contributed by atoms with Gasteiger partial charge in [-0.25, -0.2) is 17.6 Å². The SMILES string of the molecule is Cc1ccc(-c2ccc(C(F)(F)Oc3ccc(-c4ccc(-c5cc(F)c(C#N)c(F)c5)c(F)c4)cc3)c(F)c2)nc1. The molecule has 0 spiro atoms. The number of benzene rings is 4. The van der Waals surface area contributed by atoms with Crippen molar-refractivity contribution in [1.29, 1.82) is 5.26 Å². The van der Waals surface area contributed by atoms with Gasteiger partial charge in [-0.3, -0.25) is 4.98 Å². The van der Waals surface area contributed by atoms with Gasteiger partial charge in [0.2, 0.25) is 0 Å². The minimum atomic E-state index is -4.00. The third-order valence-corrected chi connectivity index (χ3v) is 6.36. The molecule has 0 N–H and O–H groups in total. The first-order valence-electron chi connectivity index (χ1n) is 12.1. The van der Waals surface area contributed by atoms with E-state index in [1.165, 1.54) is 48.5 Å². The molecule has 9 heteroatoms. The monoisotopic (exact) mass is 560 g/mol. The number of nitrogens with zero attached hydrogens (tertiary/aromatic N) is 2. The summed E-state index contributed by atoms with van der Waals surface area (Å²) in [6, 6.07) is 19.0. The molecule has 0 atom stereocenters. The summed E-state index contributed by atoms with van der Waals surface area (Å²) in [5.74, 6) is -4.44. The lowest BCUT2D eigenvalue weighted by Gasteiger charge is -2.19. The van der Waals surface area contributed by atoms with Crippen molar-refractivity contribution in [1.82, 2.24) is 4.98 Å². The minimum absolute atomic E-state index is 0.0931. The molecule has 0 unspecified atom stereocenters. The Bertz CT molecular complexity index is 1770. The topological polar surface area (TPSA) is 45.9 Å². The maximum absolute atomic E-state index is 14.9. The van der Waals surface area contributed by atoms with E-state index in [0.717, 1.165) is 35.9 Å². The van der Waals surface area contributed by atoms with Gasteiger partial charge >= 0.3 is 6.11 Å². The van der Waals surface area contributed by atoms with Crippen LogP contribution in [0.3, 0.4) is 0 Å². The molecule has 1 heterocycles. The van der Waals surface area contributed by atoms with Crippen LogP contribution >= 0.6 is 0 Å². The Labute approximate surface area is 230 Å². The van der Waals surface area contributed by atoms with E-state index in [9.17, 15) is 26.3 Å². The molecule has 5 aromatic rings. The lowest BCUT2D eigenvalue weighted by atomic mass is 9.98. The number of hydrogen-bond acceptors (Lipinski definition) is 3. The predicted octanol–water partition coefficient (Wildman–Crippen LogP) is 8.95. The number of pyridine rings is 1. The van der Waals surface area contributed by atoms with Gasteiger partial charge in [0.25, 0.3) is 0 Å². The van der Waals surface area contributed by atoms with Crippen LogP contribution in [0.1, 0.15) is 16.7 Å². The Kier molecular flexibility index (Phi) is 7.24. The van der Waals surface area contributed by atoms with Crippen LogP contribution in [-0.2, 0) is 6.11 Å². The average molecular weight is 560 g/mol. The third kappa shape index (κ3) is 5.63. The summed E-state index contributed by atoms with van der Waals surface area (Å²) in [7, 11) is 0. The maximum atomic E-state index is 14.9. The van der Waals surface area contributed by atoms with Gasteiger partial charge in [-0.15, -0.1) is 0 Å². The van der Waals surface area contributed by atoms with Crippen molar-refractivity contribution in [3.05, 3.63) is 131 Å². The summed E-state index contributed by atoms with van der Waals surface area (Å²) in [5, 5.41) is 8.81. The van der Waals surface area contributed by atoms with Gasteiger partial charge in [0.15, 0.2) is 0 Å². The molecule has 204 valence electrons. The second-order valence-corrected chi connectivity index (χ2v) is 9.18. The fourth-order valence-corrected chi connectivity index (χ4v) is 4.23. The first-order chi connectivity index (χ1) is 19.6. The van der Waals surface area contributed by atoms with E-state index in [2.05, 4.69) is 4.98 Å². The molecule has 0 amide bonds. The summed E-state index contributed by atoms with van der Waals surface area (Å²) in [6.45, 7) is 1.84. The number of hydrogen-bond donors (Lipinski definition) is 0. The fraction of sp³-hybridized carbons (Fsp3) is 0.0625. The van der Waals surface area contributed by atoms with Crippen LogP contribution in [0.5, 0.6) is 5.75 Å². The number of halogens is 6. The number of alkyl halides is 2. The van der Waals surface area contributed by atoms with Crippen molar-refractivity contribution in [3.63, 3.8) is 0 Å². The molecule has 0 saturated heterocycles. The smallest absolute Gasteiger partial charge is 0.429 e. The zero-order valence-electron chi connectivity index (χ0n) is 21.2. The summed E-state index contributed by atoms with van der Waals surface area (Å²) >= 11 is 0. The van der Waals surface area contributed by atoms with E-state index in [1.807, 2.05) is 6.92 Å². The van der Waals surface area contributed by atoms with E-state index >= 15 is 0 Å². The van der Waals surface area contributed by atoms with Crippen LogP contribution in [-0.4, -0.2) is 4.98 Å². The second kappa shape index (κ2) is 10.8. The first kappa shape index (κ1) is 27.5. The normalized spacial score (nSPS) is 11.3. The molecule has 0 fully saturated rings. The molecule has 0 bridgehead atoms. The van der Waals surface area contributed by atoms with Gasteiger partial charge in [0.1, 0.15) is 40.7 Å². The minimum Gasteiger partial charge on any atom is -0.429 e. The summed E-state index contributed by atoms with van der Waals surface area (Å²) < 4.78 is 92.1. The second-order valence-electron chi connectivity index (χ2n) is 9.18. The molecule has 4 aromatic carbocycles. The third-order valence-electron chi connectivity index (χ3n) is 6.36. The van der Waals surface area contributed by atoms with Gasteiger partial charge in [-0.05, 0) is 77.7 Å². The van der Waals surface area contributed by atoms with E-state index in [-0.39, 0.29) is 16.9 Å². The van der Waals surface area contributed by atoms with Crippen molar-refractivity contribution in [2.75, 3.05) is 0 Å². The maximum Gasteiger partial charge on any atom is 0.429 e. The van der Waals surface area contributed by atoms with Crippen LogP contribution in [0.25, 0.3) is 33.5 Å². The van der Waals surface area contributed by atoms with E-state index < -0.39 is 40.5 Å². The van der Waals surface area contributed by atoms with Crippen molar-refractivity contribution in [3.8, 4) is 45.3 Å². The molecule has 0 aliphatic rings. The number of aromatic nitrogens is 1. The fourth-order valence-electron chi connectivity index (χ4n) is 4.23. The van der Waals surface area contributed by atoms with Crippen LogP contribution < -0.4 is 4.74 Å². The zero-order chi connectivity index (χ0) is 29.3. The van der Waals surface area contributed by atoms with E-state index in [4.69, 9.17) is 10.00 Å². The van der Waals surface area contributed by atoms with Gasteiger partial charge in [-0.2, -0.15) is 14.0 Å². The van der Waals surface area contributed by atoms with Crippen LogP contribution in [0.15, 0.2) is 91.1 Å². The highest BCUT2D eigenvalue weighted by Crippen LogP contribution is 2.36. The Morgan fingerprint density at radius 1 is 0.683 bits per heavy atom. The van der Waals surface area contributed by atoms with Crippen LogP contribution in [0, 0.1) is 41.5 Å². The number of aryl methyl sites for hydroxylation is 1.